The average Bonchev–Trinajstić information content (AvgIpc) is 3.24. The number of nitrogens with zero attached hydrogens (tertiary/aromatic N) is 2. The van der Waals surface area contributed by atoms with E-state index in [1.807, 2.05) is 19.9 Å². The summed E-state index contributed by atoms with van der Waals surface area (Å²) in [5.74, 6) is -1.64. The van der Waals surface area contributed by atoms with Gasteiger partial charge in [0.2, 0.25) is 0 Å². The number of allylic oxidation sites excluding steroid dienone is 3. The fraction of sp³-hybridized carbons (Fsp3) is 0.360. The molecular weight excluding hydrogens is 480 g/mol. The van der Waals surface area contributed by atoms with E-state index in [9.17, 15) is 13.6 Å². The Hall–Kier alpha value is -2.39. The zero-order valence-electron chi connectivity index (χ0n) is 19.2. The third kappa shape index (κ3) is 6.60. The smallest absolute Gasteiger partial charge is 0.252 e. The normalized spacial score (nSPS) is 18.3. The number of aryl methyl sites for hydroxylation is 1. The van der Waals surface area contributed by atoms with Crippen LogP contribution in [0.2, 0.25) is 0 Å². The van der Waals surface area contributed by atoms with Crippen molar-refractivity contribution in [2.75, 3.05) is 26.2 Å². The van der Waals surface area contributed by atoms with Gasteiger partial charge >= 0.3 is 0 Å². The van der Waals surface area contributed by atoms with Gasteiger partial charge < -0.3 is 10.1 Å². The standard InChI is InChI=1S/C25H28ClF2N3O2S/c1-4-5-6-7-20(26)16(2)25(32)29-13-22(24-17(3)30-15-34-24)31-10-11-33-23(14-31)19-9-8-18(27)12-21(19)28/h5-9,12,15,22-23H,2,4,10-11,13-14H2,1,3H3,(H,29,32)/b6-5-,20-7+. The van der Waals surface area contributed by atoms with Gasteiger partial charge in [-0.25, -0.2) is 13.8 Å². The van der Waals surface area contributed by atoms with Gasteiger partial charge in [-0.1, -0.05) is 43.3 Å². The molecule has 9 heteroatoms. The number of morpholine rings is 1. The Balaban J connectivity index is 1.76. The van der Waals surface area contributed by atoms with Crippen molar-refractivity contribution in [2.45, 2.75) is 32.4 Å². The van der Waals surface area contributed by atoms with Gasteiger partial charge in [0.25, 0.3) is 5.91 Å². The van der Waals surface area contributed by atoms with Crippen LogP contribution in [-0.4, -0.2) is 42.0 Å². The average molecular weight is 508 g/mol. The minimum absolute atomic E-state index is 0.176. The summed E-state index contributed by atoms with van der Waals surface area (Å²) in [7, 11) is 0. The van der Waals surface area contributed by atoms with Crippen molar-refractivity contribution in [2.24, 2.45) is 0 Å². The van der Waals surface area contributed by atoms with Crippen LogP contribution in [0.4, 0.5) is 8.78 Å². The molecule has 2 aromatic rings. The van der Waals surface area contributed by atoms with E-state index in [-0.39, 0.29) is 29.1 Å². The summed E-state index contributed by atoms with van der Waals surface area (Å²) in [5, 5.41) is 3.19. The van der Waals surface area contributed by atoms with Gasteiger partial charge in [-0.2, -0.15) is 0 Å². The van der Waals surface area contributed by atoms with E-state index in [0.717, 1.165) is 23.1 Å². The number of carbonyl (C=O) groups excluding carboxylic acids is 1. The number of hydrogen-bond acceptors (Lipinski definition) is 5. The van der Waals surface area contributed by atoms with Gasteiger partial charge in [0, 0.05) is 36.1 Å². The van der Waals surface area contributed by atoms with Crippen molar-refractivity contribution in [3.05, 3.63) is 86.9 Å². The number of rotatable bonds is 9. The van der Waals surface area contributed by atoms with Gasteiger partial charge in [0.15, 0.2) is 0 Å². The van der Waals surface area contributed by atoms with Gasteiger partial charge in [0.1, 0.15) is 11.6 Å². The fourth-order valence-corrected chi connectivity index (χ4v) is 4.81. The van der Waals surface area contributed by atoms with E-state index in [4.69, 9.17) is 16.3 Å². The lowest BCUT2D eigenvalue weighted by atomic mass is 10.0. The van der Waals surface area contributed by atoms with Crippen molar-refractivity contribution >= 4 is 28.8 Å². The van der Waals surface area contributed by atoms with Crippen molar-refractivity contribution in [1.82, 2.24) is 15.2 Å². The number of halogens is 3. The summed E-state index contributed by atoms with van der Waals surface area (Å²) >= 11 is 7.71. The number of nitrogens with one attached hydrogen (secondary N) is 1. The first-order valence-electron chi connectivity index (χ1n) is 11.0. The summed E-state index contributed by atoms with van der Waals surface area (Å²) < 4.78 is 33.6. The summed E-state index contributed by atoms with van der Waals surface area (Å²) in [5.41, 5.74) is 3.10. The number of benzene rings is 1. The minimum atomic E-state index is -0.638. The van der Waals surface area contributed by atoms with Crippen LogP contribution in [0.15, 0.2) is 59.1 Å². The van der Waals surface area contributed by atoms with Gasteiger partial charge in [0.05, 0.1) is 40.6 Å². The van der Waals surface area contributed by atoms with E-state index < -0.39 is 17.7 Å². The molecule has 2 heterocycles. The first kappa shape index (κ1) is 26.2. The summed E-state index contributed by atoms with van der Waals surface area (Å²) in [6, 6.07) is 3.30. The van der Waals surface area contributed by atoms with E-state index in [0.29, 0.717) is 25.3 Å². The Labute approximate surface area is 207 Å². The van der Waals surface area contributed by atoms with Gasteiger partial charge in [-0.05, 0) is 25.5 Å². The summed E-state index contributed by atoms with van der Waals surface area (Å²) in [6.07, 6.45) is 5.65. The van der Waals surface area contributed by atoms with Crippen molar-refractivity contribution in [3.63, 3.8) is 0 Å². The number of amides is 1. The molecule has 2 unspecified atom stereocenters. The zero-order valence-corrected chi connectivity index (χ0v) is 20.8. The molecule has 1 aliphatic rings. The Bertz CT molecular complexity index is 1090. The molecule has 0 aliphatic carbocycles. The van der Waals surface area contributed by atoms with E-state index in [2.05, 4.69) is 21.8 Å². The highest BCUT2D eigenvalue weighted by Crippen LogP contribution is 2.33. The van der Waals surface area contributed by atoms with Gasteiger partial charge in [-0.3, -0.25) is 9.69 Å². The number of aromatic nitrogens is 1. The number of thiazole rings is 1. The molecule has 1 N–H and O–H groups in total. The number of hydrogen-bond donors (Lipinski definition) is 1. The van der Waals surface area contributed by atoms with Crippen LogP contribution >= 0.6 is 22.9 Å². The van der Waals surface area contributed by atoms with Crippen LogP contribution in [0.5, 0.6) is 0 Å². The lowest BCUT2D eigenvalue weighted by Gasteiger charge is -2.38. The predicted octanol–water partition coefficient (Wildman–Crippen LogP) is 5.61. The van der Waals surface area contributed by atoms with E-state index in [1.165, 1.54) is 23.5 Å². The Morgan fingerprint density at radius 2 is 2.26 bits per heavy atom. The lowest BCUT2D eigenvalue weighted by Crippen LogP contribution is -2.45. The third-order valence-electron chi connectivity index (χ3n) is 5.57. The number of ether oxygens (including phenoxy) is 1. The van der Waals surface area contributed by atoms with Crippen molar-refractivity contribution in [3.8, 4) is 0 Å². The molecule has 1 amide bonds. The predicted molar refractivity (Wildman–Crippen MR) is 132 cm³/mol. The molecule has 1 aromatic heterocycles. The molecule has 1 saturated heterocycles. The van der Waals surface area contributed by atoms with Gasteiger partial charge in [-0.15, -0.1) is 11.3 Å². The monoisotopic (exact) mass is 507 g/mol. The number of carbonyl (C=O) groups is 1. The maximum atomic E-state index is 14.4. The second-order valence-corrected chi connectivity index (χ2v) is 9.17. The molecule has 0 bridgehead atoms. The first-order chi connectivity index (χ1) is 16.3. The highest BCUT2D eigenvalue weighted by molar-refractivity contribution is 7.09. The van der Waals surface area contributed by atoms with Crippen LogP contribution < -0.4 is 5.32 Å². The highest BCUT2D eigenvalue weighted by atomic mass is 35.5. The highest BCUT2D eigenvalue weighted by Gasteiger charge is 2.32. The molecule has 3 rings (SSSR count). The first-order valence-corrected chi connectivity index (χ1v) is 12.3. The molecule has 182 valence electrons. The molecule has 2 atom stereocenters. The van der Waals surface area contributed by atoms with Crippen LogP contribution in [0.3, 0.4) is 0 Å². The molecule has 0 spiro atoms. The Morgan fingerprint density at radius 3 is 2.94 bits per heavy atom. The Kier molecular flexibility index (Phi) is 9.53. The molecule has 0 radical (unpaired) electrons. The molecule has 34 heavy (non-hydrogen) atoms. The van der Waals surface area contributed by atoms with Crippen LogP contribution in [0.1, 0.15) is 41.6 Å². The van der Waals surface area contributed by atoms with Crippen molar-refractivity contribution < 1.29 is 18.3 Å². The van der Waals surface area contributed by atoms with Crippen LogP contribution in [0, 0.1) is 18.6 Å². The second-order valence-electron chi connectivity index (χ2n) is 7.88. The Morgan fingerprint density at radius 1 is 1.47 bits per heavy atom. The van der Waals surface area contributed by atoms with Crippen LogP contribution in [0.25, 0.3) is 0 Å². The molecule has 1 aromatic carbocycles. The second kappa shape index (κ2) is 12.4. The summed E-state index contributed by atoms with van der Waals surface area (Å²) in [4.78, 5) is 20.2. The topological polar surface area (TPSA) is 54.5 Å². The molecule has 5 nitrogen and oxygen atoms in total. The molecule has 1 aliphatic heterocycles. The van der Waals surface area contributed by atoms with Crippen LogP contribution in [-0.2, 0) is 9.53 Å². The largest absolute Gasteiger partial charge is 0.371 e. The molecule has 1 fully saturated rings. The minimum Gasteiger partial charge on any atom is -0.371 e. The summed E-state index contributed by atoms with van der Waals surface area (Å²) in [6.45, 7) is 9.35. The maximum absolute atomic E-state index is 14.4. The molecular formula is C25H28ClF2N3O2S. The van der Waals surface area contributed by atoms with E-state index >= 15 is 0 Å². The third-order valence-corrected chi connectivity index (χ3v) is 6.95. The fourth-order valence-electron chi connectivity index (χ4n) is 3.72. The zero-order chi connectivity index (χ0) is 24.7. The quantitative estimate of drug-likeness (QED) is 0.354. The maximum Gasteiger partial charge on any atom is 0.252 e. The lowest BCUT2D eigenvalue weighted by molar-refractivity contribution is -0.117. The van der Waals surface area contributed by atoms with Crippen molar-refractivity contribution in [1.29, 1.82) is 0 Å². The SMILES string of the molecule is C=C(C(=O)NCC(c1scnc1C)N1CCOC(c2ccc(F)cc2F)C1)/C(Cl)=C\C=C/CC. The molecule has 0 saturated carbocycles. The van der Waals surface area contributed by atoms with E-state index in [1.54, 1.807) is 17.7 Å².